The number of pyridine rings is 1. The first-order valence-electron chi connectivity index (χ1n) is 7.62. The van der Waals surface area contributed by atoms with Crippen molar-refractivity contribution in [2.45, 2.75) is 25.4 Å². The number of nitrogens with zero attached hydrogens (tertiary/aromatic N) is 1. The first-order valence-corrected chi connectivity index (χ1v) is 7.62. The molecule has 0 aromatic carbocycles. The number of anilines is 1. The van der Waals surface area contributed by atoms with Gasteiger partial charge in [-0.05, 0) is 24.8 Å². The summed E-state index contributed by atoms with van der Waals surface area (Å²) in [5, 5.41) is 2.21. The highest BCUT2D eigenvalue weighted by molar-refractivity contribution is 5.97. The van der Waals surface area contributed by atoms with Crippen molar-refractivity contribution in [3.63, 3.8) is 0 Å². The third-order valence-electron chi connectivity index (χ3n) is 4.25. The number of aromatic amines is 1. The number of nitrogens with one attached hydrogen (secondary N) is 2. The lowest BCUT2D eigenvalue weighted by molar-refractivity contribution is -0.137. The Morgan fingerprint density at radius 1 is 1.33 bits per heavy atom. The second kappa shape index (κ2) is 5.95. The van der Waals surface area contributed by atoms with E-state index >= 15 is 0 Å². The van der Waals surface area contributed by atoms with Gasteiger partial charge in [0.25, 0.3) is 5.56 Å². The van der Waals surface area contributed by atoms with Crippen LogP contribution in [0.15, 0.2) is 17.1 Å². The maximum absolute atomic E-state index is 12.7. The topological polar surface area (TPSA) is 82.3 Å². The number of amides is 2. The van der Waals surface area contributed by atoms with Gasteiger partial charge in [0.15, 0.2) is 0 Å². The van der Waals surface area contributed by atoms with Crippen molar-refractivity contribution in [1.29, 1.82) is 0 Å². The summed E-state index contributed by atoms with van der Waals surface area (Å²) in [7, 11) is 0. The molecule has 2 aliphatic rings. The zero-order valence-corrected chi connectivity index (χ0v) is 12.7. The number of H-pyrrole nitrogens is 1. The summed E-state index contributed by atoms with van der Waals surface area (Å²) < 4.78 is 38.0. The molecule has 9 heteroatoms. The predicted octanol–water partition coefficient (Wildman–Crippen LogP) is 1.59. The third kappa shape index (κ3) is 3.60. The molecule has 3 rings (SSSR count). The van der Waals surface area contributed by atoms with Crippen LogP contribution in [0.1, 0.15) is 24.8 Å². The summed E-state index contributed by atoms with van der Waals surface area (Å²) >= 11 is 0. The molecule has 1 saturated heterocycles. The van der Waals surface area contributed by atoms with Crippen molar-refractivity contribution < 1.29 is 22.8 Å². The van der Waals surface area contributed by atoms with Crippen molar-refractivity contribution in [1.82, 2.24) is 9.88 Å². The Kier molecular flexibility index (Phi) is 4.10. The molecule has 1 aromatic rings. The van der Waals surface area contributed by atoms with Gasteiger partial charge in [0.1, 0.15) is 5.69 Å². The summed E-state index contributed by atoms with van der Waals surface area (Å²) in [5.41, 5.74) is -2.35. The SMILES string of the molecule is O=C(Nc1cc(C(F)(F)F)c[nH]c1=O)[C@H]1CC(=O)N(CC2CC2)C1. The van der Waals surface area contributed by atoms with E-state index in [1.165, 1.54) is 0 Å². The maximum atomic E-state index is 12.7. The van der Waals surface area contributed by atoms with Crippen LogP contribution >= 0.6 is 0 Å². The molecular formula is C15H16F3N3O3. The molecule has 24 heavy (non-hydrogen) atoms. The van der Waals surface area contributed by atoms with Crippen molar-refractivity contribution in [3.05, 3.63) is 28.2 Å². The van der Waals surface area contributed by atoms with Crippen molar-refractivity contribution >= 4 is 17.5 Å². The number of hydrogen-bond donors (Lipinski definition) is 2. The molecule has 0 bridgehead atoms. The van der Waals surface area contributed by atoms with Crippen LogP contribution in [0, 0.1) is 11.8 Å². The molecule has 0 unspecified atom stereocenters. The van der Waals surface area contributed by atoms with Crippen molar-refractivity contribution in [2.24, 2.45) is 11.8 Å². The van der Waals surface area contributed by atoms with Gasteiger partial charge in [0.05, 0.1) is 11.5 Å². The Hall–Kier alpha value is -2.32. The van der Waals surface area contributed by atoms with E-state index in [2.05, 4.69) is 5.32 Å². The number of likely N-dealkylation sites (tertiary alicyclic amines) is 1. The Labute approximate surface area is 135 Å². The van der Waals surface area contributed by atoms with Gasteiger partial charge < -0.3 is 15.2 Å². The minimum absolute atomic E-state index is 0.00934. The second-order valence-corrected chi connectivity index (χ2v) is 6.26. The third-order valence-corrected chi connectivity index (χ3v) is 4.25. The zero-order valence-electron chi connectivity index (χ0n) is 12.7. The molecule has 2 amide bonds. The van der Waals surface area contributed by atoms with E-state index in [1.807, 2.05) is 4.98 Å². The largest absolute Gasteiger partial charge is 0.417 e. The fourth-order valence-corrected chi connectivity index (χ4v) is 2.71. The normalized spacial score (nSPS) is 21.2. The van der Waals surface area contributed by atoms with E-state index in [9.17, 15) is 27.6 Å². The summed E-state index contributed by atoms with van der Waals surface area (Å²) in [6, 6.07) is 0.593. The monoisotopic (exact) mass is 343 g/mol. The Bertz CT molecular complexity index is 725. The minimum Gasteiger partial charge on any atom is -0.342 e. The molecular weight excluding hydrogens is 327 g/mol. The average Bonchev–Trinajstić information content (AvgIpc) is 3.23. The van der Waals surface area contributed by atoms with E-state index in [1.54, 1.807) is 4.90 Å². The molecule has 1 atom stereocenters. The molecule has 1 saturated carbocycles. The summed E-state index contributed by atoms with van der Waals surface area (Å²) in [6.07, 6.45) is -1.93. The Balaban J connectivity index is 1.68. The van der Waals surface area contributed by atoms with Gasteiger partial charge in [-0.1, -0.05) is 0 Å². The smallest absolute Gasteiger partial charge is 0.342 e. The predicted molar refractivity (Wildman–Crippen MR) is 78.1 cm³/mol. The maximum Gasteiger partial charge on any atom is 0.417 e. The van der Waals surface area contributed by atoms with Crippen LogP contribution in [0.5, 0.6) is 0 Å². The van der Waals surface area contributed by atoms with E-state index in [4.69, 9.17) is 0 Å². The Morgan fingerprint density at radius 2 is 2.04 bits per heavy atom. The molecule has 6 nitrogen and oxygen atoms in total. The minimum atomic E-state index is -4.63. The number of alkyl halides is 3. The molecule has 0 spiro atoms. The molecule has 2 N–H and O–H groups in total. The fraction of sp³-hybridized carbons (Fsp3) is 0.533. The fourth-order valence-electron chi connectivity index (χ4n) is 2.71. The van der Waals surface area contributed by atoms with Gasteiger partial charge in [-0.15, -0.1) is 0 Å². The van der Waals surface area contributed by atoms with E-state index in [0.717, 1.165) is 12.8 Å². The van der Waals surface area contributed by atoms with Gasteiger partial charge in [-0.2, -0.15) is 13.2 Å². The quantitative estimate of drug-likeness (QED) is 0.871. The van der Waals surface area contributed by atoms with Gasteiger partial charge >= 0.3 is 6.18 Å². The molecule has 1 aliphatic carbocycles. The van der Waals surface area contributed by atoms with Crippen LogP contribution in [0.3, 0.4) is 0 Å². The number of carbonyl (C=O) groups excluding carboxylic acids is 2. The summed E-state index contributed by atoms with van der Waals surface area (Å²) in [4.78, 5) is 39.3. The number of rotatable bonds is 4. The average molecular weight is 343 g/mol. The first-order chi connectivity index (χ1) is 11.2. The second-order valence-electron chi connectivity index (χ2n) is 6.26. The summed E-state index contributed by atoms with van der Waals surface area (Å²) in [5.74, 6) is -0.932. The number of aromatic nitrogens is 1. The van der Waals surface area contributed by atoms with Gasteiger partial charge in [-0.25, -0.2) is 0 Å². The standard InChI is InChI=1S/C15H16F3N3O3/c16-15(17,18)10-4-11(14(24)19-5-10)20-13(23)9-3-12(22)21(7-9)6-8-1-2-8/h4-5,8-9H,1-3,6-7H2,(H,19,24)(H,20,23)/t9-/m0/s1. The Morgan fingerprint density at radius 3 is 2.67 bits per heavy atom. The lowest BCUT2D eigenvalue weighted by Crippen LogP contribution is -2.31. The lowest BCUT2D eigenvalue weighted by Gasteiger charge is -2.16. The van der Waals surface area contributed by atoms with Crippen molar-refractivity contribution in [2.75, 3.05) is 18.4 Å². The van der Waals surface area contributed by atoms with Crippen LogP contribution < -0.4 is 10.9 Å². The highest BCUT2D eigenvalue weighted by atomic mass is 19.4. The lowest BCUT2D eigenvalue weighted by atomic mass is 10.1. The number of halogens is 3. The van der Waals surface area contributed by atoms with E-state index < -0.39 is 34.8 Å². The molecule has 2 heterocycles. The van der Waals surface area contributed by atoms with Gasteiger partial charge in [0, 0.05) is 25.7 Å². The van der Waals surface area contributed by atoms with Gasteiger partial charge in [0.2, 0.25) is 11.8 Å². The van der Waals surface area contributed by atoms with Gasteiger partial charge in [-0.3, -0.25) is 14.4 Å². The first kappa shape index (κ1) is 16.5. The van der Waals surface area contributed by atoms with Crippen LogP contribution in [0.25, 0.3) is 0 Å². The molecule has 1 aromatic heterocycles. The van der Waals surface area contributed by atoms with Crippen LogP contribution in [-0.2, 0) is 15.8 Å². The van der Waals surface area contributed by atoms with Crippen LogP contribution in [0.4, 0.5) is 18.9 Å². The molecule has 1 aliphatic heterocycles. The van der Waals surface area contributed by atoms with E-state index in [0.29, 0.717) is 24.7 Å². The van der Waals surface area contributed by atoms with Crippen LogP contribution in [0.2, 0.25) is 0 Å². The zero-order chi connectivity index (χ0) is 17.5. The van der Waals surface area contributed by atoms with Crippen LogP contribution in [-0.4, -0.2) is 34.8 Å². The van der Waals surface area contributed by atoms with E-state index in [-0.39, 0.29) is 18.9 Å². The summed E-state index contributed by atoms with van der Waals surface area (Å²) in [6.45, 7) is 0.852. The highest BCUT2D eigenvalue weighted by Gasteiger charge is 2.37. The number of carbonyl (C=O) groups is 2. The molecule has 130 valence electrons. The molecule has 0 radical (unpaired) electrons. The highest BCUT2D eigenvalue weighted by Crippen LogP contribution is 2.32. The molecule has 2 fully saturated rings. The number of hydrogen-bond acceptors (Lipinski definition) is 3. The van der Waals surface area contributed by atoms with Crippen molar-refractivity contribution in [3.8, 4) is 0 Å².